The molecule has 1 aliphatic rings. The normalized spacial score (nSPS) is 14.8. The van der Waals surface area contributed by atoms with E-state index >= 15 is 0 Å². The standard InChI is InChI=1S/C27H33N5O.HI/c1-21-10-12-25(13-11-21)33-26-9-4-3-7-22(26)19-30-27(28-2)31-23-14-17-32(18-15-23)20-24-8-5-6-16-29-24;/h3-13,16,23H,14-15,17-20H2,1-2H3,(H2,28,30,31);1H. The number of aromatic nitrogens is 1. The van der Waals surface area contributed by atoms with Crippen LogP contribution in [-0.2, 0) is 13.1 Å². The van der Waals surface area contributed by atoms with E-state index in [2.05, 4.69) is 62.8 Å². The molecule has 1 fully saturated rings. The second kappa shape index (κ2) is 13.3. The molecule has 34 heavy (non-hydrogen) atoms. The lowest BCUT2D eigenvalue weighted by Crippen LogP contribution is -2.48. The van der Waals surface area contributed by atoms with Crippen molar-refractivity contribution >= 4 is 29.9 Å². The number of para-hydroxylation sites is 1. The molecule has 0 atom stereocenters. The molecular formula is C27H34IN5O. The van der Waals surface area contributed by atoms with E-state index in [-0.39, 0.29) is 24.0 Å². The topological polar surface area (TPSA) is 61.8 Å². The van der Waals surface area contributed by atoms with Crippen LogP contribution in [0, 0.1) is 6.92 Å². The van der Waals surface area contributed by atoms with Gasteiger partial charge in [0.05, 0.1) is 5.69 Å². The van der Waals surface area contributed by atoms with Crippen molar-refractivity contribution in [1.82, 2.24) is 20.5 Å². The van der Waals surface area contributed by atoms with E-state index in [4.69, 9.17) is 4.74 Å². The number of likely N-dealkylation sites (tertiary alicyclic amines) is 1. The summed E-state index contributed by atoms with van der Waals surface area (Å²) in [6.07, 6.45) is 4.03. The molecule has 0 unspecified atom stereocenters. The first-order chi connectivity index (χ1) is 16.2. The van der Waals surface area contributed by atoms with Crippen molar-refractivity contribution in [2.75, 3.05) is 20.1 Å². The van der Waals surface area contributed by atoms with Crippen LogP contribution in [-0.4, -0.2) is 42.0 Å². The Balaban J connectivity index is 0.00000324. The average molecular weight is 572 g/mol. The molecule has 0 amide bonds. The summed E-state index contributed by atoms with van der Waals surface area (Å²) in [5.74, 6) is 2.52. The van der Waals surface area contributed by atoms with E-state index in [0.717, 1.165) is 61.2 Å². The fourth-order valence-corrected chi connectivity index (χ4v) is 4.01. The highest BCUT2D eigenvalue weighted by atomic mass is 127. The van der Waals surface area contributed by atoms with Crippen LogP contribution in [0.4, 0.5) is 0 Å². The minimum atomic E-state index is 0. The Morgan fingerprint density at radius 1 is 1.03 bits per heavy atom. The average Bonchev–Trinajstić information content (AvgIpc) is 2.85. The van der Waals surface area contributed by atoms with Gasteiger partial charge < -0.3 is 15.4 Å². The predicted octanol–water partition coefficient (Wildman–Crippen LogP) is 5.13. The number of nitrogens with one attached hydrogen (secondary N) is 2. The van der Waals surface area contributed by atoms with Crippen molar-refractivity contribution in [3.05, 3.63) is 89.7 Å². The molecule has 4 rings (SSSR count). The number of ether oxygens (including phenoxy) is 1. The second-order valence-corrected chi connectivity index (χ2v) is 8.46. The van der Waals surface area contributed by atoms with Gasteiger partial charge in [0.15, 0.2) is 5.96 Å². The van der Waals surface area contributed by atoms with Crippen LogP contribution in [0.5, 0.6) is 11.5 Å². The third kappa shape index (κ3) is 7.70. The summed E-state index contributed by atoms with van der Waals surface area (Å²) in [5.41, 5.74) is 3.44. The summed E-state index contributed by atoms with van der Waals surface area (Å²) < 4.78 is 6.13. The summed E-state index contributed by atoms with van der Waals surface area (Å²) >= 11 is 0. The number of benzene rings is 2. The van der Waals surface area contributed by atoms with Crippen LogP contribution >= 0.6 is 24.0 Å². The molecule has 2 N–H and O–H groups in total. The minimum absolute atomic E-state index is 0. The lowest BCUT2D eigenvalue weighted by molar-refractivity contribution is 0.196. The number of piperidine rings is 1. The number of hydrogen-bond acceptors (Lipinski definition) is 4. The first-order valence-electron chi connectivity index (χ1n) is 11.6. The Bertz CT molecular complexity index is 1030. The Kier molecular flexibility index (Phi) is 10.2. The molecule has 1 aromatic heterocycles. The van der Waals surface area contributed by atoms with Crippen molar-refractivity contribution in [2.45, 2.75) is 38.9 Å². The van der Waals surface area contributed by atoms with Crippen LogP contribution in [0.2, 0.25) is 0 Å². The third-order valence-corrected chi connectivity index (χ3v) is 5.93. The van der Waals surface area contributed by atoms with Crippen molar-refractivity contribution in [1.29, 1.82) is 0 Å². The molecule has 0 spiro atoms. The molecule has 2 heterocycles. The van der Waals surface area contributed by atoms with Gasteiger partial charge in [-0.05, 0) is 50.1 Å². The first-order valence-corrected chi connectivity index (χ1v) is 11.6. The SMILES string of the molecule is CN=C(NCc1ccccc1Oc1ccc(C)cc1)NC1CCN(Cc2ccccn2)CC1.I. The number of guanidine groups is 1. The fraction of sp³-hybridized carbons (Fsp3) is 0.333. The van der Waals surface area contributed by atoms with E-state index in [0.29, 0.717) is 12.6 Å². The van der Waals surface area contributed by atoms with Gasteiger partial charge in [0.1, 0.15) is 11.5 Å². The highest BCUT2D eigenvalue weighted by Gasteiger charge is 2.20. The number of nitrogens with zero attached hydrogens (tertiary/aromatic N) is 3. The monoisotopic (exact) mass is 571 g/mol. The molecule has 7 heteroatoms. The lowest BCUT2D eigenvalue weighted by Gasteiger charge is -2.32. The molecule has 2 aromatic carbocycles. The maximum atomic E-state index is 6.13. The quantitative estimate of drug-likeness (QED) is 0.234. The second-order valence-electron chi connectivity index (χ2n) is 8.46. The zero-order valence-electron chi connectivity index (χ0n) is 19.9. The third-order valence-electron chi connectivity index (χ3n) is 5.93. The van der Waals surface area contributed by atoms with Crippen molar-refractivity contribution in [2.24, 2.45) is 4.99 Å². The van der Waals surface area contributed by atoms with Crippen molar-refractivity contribution in [3.63, 3.8) is 0 Å². The van der Waals surface area contributed by atoms with Crippen LogP contribution in [0.1, 0.15) is 29.7 Å². The van der Waals surface area contributed by atoms with Crippen LogP contribution < -0.4 is 15.4 Å². The maximum absolute atomic E-state index is 6.13. The zero-order valence-corrected chi connectivity index (χ0v) is 22.2. The summed E-state index contributed by atoms with van der Waals surface area (Å²) in [5, 5.41) is 7.05. The van der Waals surface area contributed by atoms with Gasteiger partial charge in [0.25, 0.3) is 0 Å². The number of rotatable bonds is 7. The van der Waals surface area contributed by atoms with Gasteiger partial charge in [-0.3, -0.25) is 14.9 Å². The van der Waals surface area contributed by atoms with Gasteiger partial charge in [0.2, 0.25) is 0 Å². The van der Waals surface area contributed by atoms with Crippen molar-refractivity contribution in [3.8, 4) is 11.5 Å². The molecule has 3 aromatic rings. The molecule has 1 saturated heterocycles. The van der Waals surface area contributed by atoms with E-state index < -0.39 is 0 Å². The Morgan fingerprint density at radius 2 is 1.76 bits per heavy atom. The molecule has 6 nitrogen and oxygen atoms in total. The number of pyridine rings is 1. The molecule has 0 aliphatic carbocycles. The first kappa shape index (κ1) is 26.0. The molecule has 180 valence electrons. The zero-order chi connectivity index (χ0) is 22.9. The van der Waals surface area contributed by atoms with Gasteiger partial charge in [-0.1, -0.05) is 42.0 Å². The van der Waals surface area contributed by atoms with E-state index in [1.54, 1.807) is 0 Å². The minimum Gasteiger partial charge on any atom is -0.457 e. The number of hydrogen-bond donors (Lipinski definition) is 2. The molecule has 0 bridgehead atoms. The van der Waals surface area contributed by atoms with Gasteiger partial charge in [-0.15, -0.1) is 24.0 Å². The van der Waals surface area contributed by atoms with Crippen LogP contribution in [0.3, 0.4) is 0 Å². The summed E-state index contributed by atoms with van der Waals surface area (Å²) in [4.78, 5) is 11.4. The maximum Gasteiger partial charge on any atom is 0.191 e. The smallest absolute Gasteiger partial charge is 0.191 e. The van der Waals surface area contributed by atoms with E-state index in [1.165, 1.54) is 5.56 Å². The number of halogens is 1. The predicted molar refractivity (Wildman–Crippen MR) is 149 cm³/mol. The molecule has 0 radical (unpaired) electrons. The van der Waals surface area contributed by atoms with E-state index in [9.17, 15) is 0 Å². The summed E-state index contributed by atoms with van der Waals surface area (Å²) in [6.45, 7) is 5.74. The van der Waals surface area contributed by atoms with Gasteiger partial charge in [0, 0.05) is 51.0 Å². The molecule has 0 saturated carbocycles. The Hall–Kier alpha value is -2.65. The molecular weight excluding hydrogens is 537 g/mol. The Morgan fingerprint density at radius 3 is 2.47 bits per heavy atom. The summed E-state index contributed by atoms with van der Waals surface area (Å²) in [6, 6.07) is 22.8. The largest absolute Gasteiger partial charge is 0.457 e. The summed E-state index contributed by atoms with van der Waals surface area (Å²) in [7, 11) is 1.82. The number of aryl methyl sites for hydroxylation is 1. The fourth-order valence-electron chi connectivity index (χ4n) is 4.01. The van der Waals surface area contributed by atoms with Crippen LogP contribution in [0.25, 0.3) is 0 Å². The highest BCUT2D eigenvalue weighted by molar-refractivity contribution is 14.0. The number of aliphatic imine (C=N–C) groups is 1. The van der Waals surface area contributed by atoms with Crippen LogP contribution in [0.15, 0.2) is 77.9 Å². The van der Waals surface area contributed by atoms with Gasteiger partial charge in [-0.2, -0.15) is 0 Å². The van der Waals surface area contributed by atoms with Crippen molar-refractivity contribution < 1.29 is 4.74 Å². The van der Waals surface area contributed by atoms with Gasteiger partial charge >= 0.3 is 0 Å². The lowest BCUT2D eigenvalue weighted by atomic mass is 10.0. The Labute approximate surface area is 219 Å². The highest BCUT2D eigenvalue weighted by Crippen LogP contribution is 2.25. The van der Waals surface area contributed by atoms with Gasteiger partial charge in [-0.25, -0.2) is 0 Å². The van der Waals surface area contributed by atoms with E-state index in [1.807, 2.05) is 49.6 Å². The molecule has 1 aliphatic heterocycles.